The van der Waals surface area contributed by atoms with Crippen molar-refractivity contribution in [3.05, 3.63) is 53.8 Å². The van der Waals surface area contributed by atoms with E-state index in [0.717, 1.165) is 10.9 Å². The summed E-state index contributed by atoms with van der Waals surface area (Å²) in [5.74, 6) is -0.0671. The summed E-state index contributed by atoms with van der Waals surface area (Å²) >= 11 is 0. The number of anilines is 1. The Morgan fingerprint density at radius 2 is 1.90 bits per heavy atom. The molecule has 5 heteroatoms. The van der Waals surface area contributed by atoms with Crippen LogP contribution in [0, 0.1) is 17.1 Å². The van der Waals surface area contributed by atoms with Gasteiger partial charge in [0, 0.05) is 10.8 Å². The van der Waals surface area contributed by atoms with Gasteiger partial charge < -0.3 is 5.73 Å². The van der Waals surface area contributed by atoms with Crippen molar-refractivity contribution in [2.24, 2.45) is 0 Å². The van der Waals surface area contributed by atoms with Gasteiger partial charge in [-0.25, -0.2) is 9.37 Å². The van der Waals surface area contributed by atoms with Crippen molar-refractivity contribution in [2.45, 2.75) is 0 Å². The molecule has 0 saturated carbocycles. The maximum absolute atomic E-state index is 13.6. The Labute approximate surface area is 118 Å². The van der Waals surface area contributed by atoms with Crippen molar-refractivity contribution in [3.63, 3.8) is 0 Å². The van der Waals surface area contributed by atoms with Crippen LogP contribution in [0.4, 0.5) is 10.2 Å². The lowest BCUT2D eigenvalue weighted by Crippen LogP contribution is -1.99. The van der Waals surface area contributed by atoms with Crippen molar-refractivity contribution in [1.29, 1.82) is 5.26 Å². The SMILES string of the molecule is N#Cc1c2ccccc2n2c1nc(N)c1ccc(F)cc12. The van der Waals surface area contributed by atoms with Crippen molar-refractivity contribution in [1.82, 2.24) is 9.38 Å². The molecule has 2 N–H and O–H groups in total. The first-order chi connectivity index (χ1) is 10.2. The molecule has 0 atom stereocenters. The summed E-state index contributed by atoms with van der Waals surface area (Å²) in [6.07, 6.45) is 0. The fourth-order valence-electron chi connectivity index (χ4n) is 2.77. The van der Waals surface area contributed by atoms with E-state index in [2.05, 4.69) is 11.1 Å². The molecule has 0 amide bonds. The van der Waals surface area contributed by atoms with Crippen LogP contribution < -0.4 is 5.73 Å². The summed E-state index contributed by atoms with van der Waals surface area (Å²) in [6, 6.07) is 14.0. The number of hydrogen-bond donors (Lipinski definition) is 1. The second-order valence-electron chi connectivity index (χ2n) is 4.82. The third-order valence-electron chi connectivity index (χ3n) is 3.66. The van der Waals surface area contributed by atoms with Crippen molar-refractivity contribution in [3.8, 4) is 6.07 Å². The third-order valence-corrected chi connectivity index (χ3v) is 3.66. The molecule has 0 aliphatic carbocycles. The highest BCUT2D eigenvalue weighted by atomic mass is 19.1. The van der Waals surface area contributed by atoms with Crippen LogP contribution in [-0.4, -0.2) is 9.38 Å². The fraction of sp³-hybridized carbons (Fsp3) is 0. The number of nitrogens with two attached hydrogens (primary N) is 1. The molecule has 4 aromatic rings. The predicted molar refractivity (Wildman–Crippen MR) is 79.3 cm³/mol. The molecule has 0 aliphatic rings. The van der Waals surface area contributed by atoms with E-state index < -0.39 is 0 Å². The van der Waals surface area contributed by atoms with E-state index in [1.807, 2.05) is 24.3 Å². The molecule has 100 valence electrons. The second-order valence-corrected chi connectivity index (χ2v) is 4.82. The molecular weight excluding hydrogens is 267 g/mol. The van der Waals surface area contributed by atoms with Crippen LogP contribution in [0.15, 0.2) is 42.5 Å². The number of aromatic nitrogens is 2. The molecule has 2 aromatic heterocycles. The van der Waals surface area contributed by atoms with Crippen LogP contribution >= 0.6 is 0 Å². The highest BCUT2D eigenvalue weighted by Crippen LogP contribution is 2.31. The number of fused-ring (bicyclic) bond motifs is 5. The predicted octanol–water partition coefficient (Wildman–Crippen LogP) is 3.23. The van der Waals surface area contributed by atoms with Gasteiger partial charge in [-0.3, -0.25) is 4.40 Å². The zero-order chi connectivity index (χ0) is 14.6. The molecule has 2 heterocycles. The quantitative estimate of drug-likeness (QED) is 0.536. The van der Waals surface area contributed by atoms with E-state index in [9.17, 15) is 9.65 Å². The number of hydrogen-bond acceptors (Lipinski definition) is 3. The lowest BCUT2D eigenvalue weighted by atomic mass is 10.2. The maximum atomic E-state index is 13.6. The van der Waals surface area contributed by atoms with Gasteiger partial charge in [-0.15, -0.1) is 0 Å². The van der Waals surface area contributed by atoms with Crippen molar-refractivity contribution in [2.75, 3.05) is 5.73 Å². The number of rotatable bonds is 0. The van der Waals surface area contributed by atoms with E-state index in [-0.39, 0.29) is 11.6 Å². The summed E-state index contributed by atoms with van der Waals surface area (Å²) in [5, 5.41) is 10.9. The molecule has 21 heavy (non-hydrogen) atoms. The Balaban J connectivity index is 2.42. The van der Waals surface area contributed by atoms with Crippen LogP contribution in [0.25, 0.3) is 27.5 Å². The van der Waals surface area contributed by atoms with E-state index in [1.165, 1.54) is 12.1 Å². The van der Waals surface area contributed by atoms with Gasteiger partial charge in [0.15, 0.2) is 5.65 Å². The lowest BCUT2D eigenvalue weighted by molar-refractivity contribution is 0.629. The second kappa shape index (κ2) is 3.93. The number of para-hydroxylation sites is 1. The van der Waals surface area contributed by atoms with Crippen LogP contribution in [-0.2, 0) is 0 Å². The topological polar surface area (TPSA) is 67.1 Å². The fourth-order valence-corrected chi connectivity index (χ4v) is 2.77. The number of nitrogen functional groups attached to an aromatic ring is 1. The lowest BCUT2D eigenvalue weighted by Gasteiger charge is -2.06. The number of nitrogens with zero attached hydrogens (tertiary/aromatic N) is 3. The molecule has 0 unspecified atom stereocenters. The average Bonchev–Trinajstić information content (AvgIpc) is 2.80. The minimum Gasteiger partial charge on any atom is -0.383 e. The Kier molecular flexibility index (Phi) is 2.19. The zero-order valence-electron chi connectivity index (χ0n) is 10.8. The van der Waals surface area contributed by atoms with E-state index >= 15 is 0 Å². The minimum atomic E-state index is -0.356. The standard InChI is InChI=1S/C16H9FN4/c17-9-5-6-11-14(7-9)21-13-4-2-1-3-10(13)12(8-18)16(21)20-15(11)19/h1-7H,(H2,19,20). The van der Waals surface area contributed by atoms with Gasteiger partial charge in [-0.1, -0.05) is 18.2 Å². The third kappa shape index (κ3) is 1.44. The highest BCUT2D eigenvalue weighted by molar-refractivity contribution is 6.01. The van der Waals surface area contributed by atoms with Crippen LogP contribution in [0.5, 0.6) is 0 Å². The molecule has 4 nitrogen and oxygen atoms in total. The van der Waals surface area contributed by atoms with Crippen molar-refractivity contribution < 1.29 is 4.39 Å². The van der Waals surface area contributed by atoms with Gasteiger partial charge >= 0.3 is 0 Å². The van der Waals surface area contributed by atoms with Gasteiger partial charge in [-0.2, -0.15) is 5.26 Å². The monoisotopic (exact) mass is 276 g/mol. The van der Waals surface area contributed by atoms with Crippen LogP contribution in [0.2, 0.25) is 0 Å². The van der Waals surface area contributed by atoms with E-state index in [0.29, 0.717) is 22.1 Å². The largest absolute Gasteiger partial charge is 0.383 e. The molecule has 0 radical (unpaired) electrons. The molecular formula is C16H9FN4. The summed E-state index contributed by atoms with van der Waals surface area (Å²) in [6.45, 7) is 0. The molecule has 0 aliphatic heterocycles. The Morgan fingerprint density at radius 1 is 1.10 bits per heavy atom. The summed E-state index contributed by atoms with van der Waals surface area (Å²) in [4.78, 5) is 4.34. The van der Waals surface area contributed by atoms with Gasteiger partial charge in [0.1, 0.15) is 23.3 Å². The van der Waals surface area contributed by atoms with Gasteiger partial charge in [0.25, 0.3) is 0 Å². The first kappa shape index (κ1) is 11.7. The first-order valence-electron chi connectivity index (χ1n) is 6.38. The van der Waals surface area contributed by atoms with Crippen molar-refractivity contribution >= 4 is 33.3 Å². The highest BCUT2D eigenvalue weighted by Gasteiger charge is 2.16. The molecule has 0 bridgehead atoms. The number of benzene rings is 2. The zero-order valence-corrected chi connectivity index (χ0v) is 10.8. The Morgan fingerprint density at radius 3 is 2.71 bits per heavy atom. The minimum absolute atomic E-state index is 0.289. The summed E-state index contributed by atoms with van der Waals surface area (Å²) in [7, 11) is 0. The number of nitriles is 1. The molecule has 2 aromatic carbocycles. The molecule has 4 rings (SSSR count). The van der Waals surface area contributed by atoms with E-state index in [4.69, 9.17) is 5.73 Å². The Hall–Kier alpha value is -3.13. The average molecular weight is 276 g/mol. The summed E-state index contributed by atoms with van der Waals surface area (Å²) < 4.78 is 15.4. The van der Waals surface area contributed by atoms with Gasteiger partial charge in [0.05, 0.1) is 11.0 Å². The van der Waals surface area contributed by atoms with Gasteiger partial charge in [-0.05, 0) is 24.3 Å². The smallest absolute Gasteiger partial charge is 0.158 e. The van der Waals surface area contributed by atoms with Gasteiger partial charge in [0.2, 0.25) is 0 Å². The first-order valence-corrected chi connectivity index (χ1v) is 6.38. The van der Waals surface area contributed by atoms with Crippen LogP contribution in [0.1, 0.15) is 5.56 Å². The number of halogens is 1. The summed E-state index contributed by atoms with van der Waals surface area (Å²) in [5.41, 5.74) is 8.28. The molecule has 0 saturated heterocycles. The molecule has 0 spiro atoms. The van der Waals surface area contributed by atoms with E-state index in [1.54, 1.807) is 10.5 Å². The Bertz CT molecular complexity index is 1070. The maximum Gasteiger partial charge on any atom is 0.158 e. The normalized spacial score (nSPS) is 11.2. The van der Waals surface area contributed by atoms with Crippen LogP contribution in [0.3, 0.4) is 0 Å². The molecule has 0 fully saturated rings.